The number of aliphatic imine (C=N–C) groups is 2. The minimum Gasteiger partial charge on any atom is -0.173 e. The summed E-state index contributed by atoms with van der Waals surface area (Å²) in [5, 5.41) is 17.2. The Kier molecular flexibility index (Phi) is 1.16. The van der Waals surface area contributed by atoms with Crippen molar-refractivity contribution in [2.75, 3.05) is 0 Å². The van der Waals surface area contributed by atoms with Gasteiger partial charge in [-0.05, 0) is 37.0 Å². The fourth-order valence-corrected chi connectivity index (χ4v) is 0.807. The smallest absolute Gasteiger partial charge is 0.173 e. The van der Waals surface area contributed by atoms with Crippen LogP contribution in [0, 0.1) is 22.9 Å². The second-order valence-corrected chi connectivity index (χ2v) is 2.22. The molecule has 0 radical (unpaired) electrons. The van der Waals surface area contributed by atoms with Crippen LogP contribution in [0.5, 0.6) is 0 Å². The summed E-state index contributed by atoms with van der Waals surface area (Å²) in [6.45, 7) is -5.54. The van der Waals surface area contributed by atoms with Crippen LogP contribution in [0.15, 0.2) is 33.3 Å². The molecular weight excluding hydrogens is 176 g/mol. The van der Waals surface area contributed by atoms with Crippen molar-refractivity contribution in [1.82, 2.24) is 0 Å². The molecule has 0 saturated carbocycles. The topological polar surface area (TPSA) is 72.3 Å². The Hall–Kier alpha value is -2.20. The number of hydrogen-bond donors (Lipinski definition) is 0. The van der Waals surface area contributed by atoms with Gasteiger partial charge in [0, 0.05) is 8.22 Å². The molecule has 0 fully saturated rings. The van der Waals surface area contributed by atoms with Gasteiger partial charge < -0.3 is 0 Å². The Labute approximate surface area is 92.0 Å². The summed E-state index contributed by atoms with van der Waals surface area (Å²) in [4.78, 5) is 6.49. The van der Waals surface area contributed by atoms with E-state index < -0.39 is 42.3 Å². The fraction of sp³-hybridized carbons (Fsp3) is 0.200. The summed E-state index contributed by atoms with van der Waals surface area (Å²) in [7, 11) is 0. The van der Waals surface area contributed by atoms with Gasteiger partial charge in [0.05, 0.1) is 12.8 Å². The molecule has 0 aromatic carbocycles. The van der Waals surface area contributed by atoms with E-state index >= 15 is 0 Å². The first kappa shape index (κ1) is 3.89. The fourth-order valence-electron chi connectivity index (χ4n) is 0.807. The van der Waals surface area contributed by atoms with E-state index in [4.69, 9.17) is 20.1 Å². The van der Waals surface area contributed by atoms with Crippen LogP contribution >= 0.6 is 0 Å². The first-order valence-corrected chi connectivity index (χ1v) is 3.42. The molecule has 0 aromatic heterocycles. The van der Waals surface area contributed by atoms with Crippen molar-refractivity contribution >= 4 is 11.4 Å². The Morgan fingerprint density at radius 3 is 2.43 bits per heavy atom. The summed E-state index contributed by atoms with van der Waals surface area (Å²) in [5.41, 5.74) is -2.12. The molecule has 0 atom stereocenters. The van der Waals surface area contributed by atoms with Crippen molar-refractivity contribution < 1.29 is 9.60 Å². The lowest BCUT2D eigenvalue weighted by Crippen LogP contribution is -2.10. The minimum absolute atomic E-state index is 0.439. The van der Waals surface area contributed by atoms with E-state index in [-0.39, 0.29) is 0 Å². The van der Waals surface area contributed by atoms with Crippen LogP contribution in [0.1, 0.15) is 23.3 Å². The van der Waals surface area contributed by atoms with Crippen molar-refractivity contribution in [2.45, 2.75) is 13.7 Å². The normalized spacial score (nSPS) is 31.0. The third-order valence-corrected chi connectivity index (χ3v) is 1.37. The monoisotopic (exact) mass is 191 g/mol. The van der Waals surface area contributed by atoms with Crippen LogP contribution in [-0.4, -0.2) is 11.4 Å². The second-order valence-electron chi connectivity index (χ2n) is 2.22. The van der Waals surface area contributed by atoms with Gasteiger partial charge >= 0.3 is 0 Å². The molecule has 0 amide bonds. The summed E-state index contributed by atoms with van der Waals surface area (Å²) in [6.07, 6.45) is 3.56. The summed E-state index contributed by atoms with van der Waals surface area (Å²) >= 11 is 0. The van der Waals surface area contributed by atoms with Crippen LogP contribution < -0.4 is 0 Å². The Morgan fingerprint density at radius 2 is 1.86 bits per heavy atom. The van der Waals surface area contributed by atoms with Gasteiger partial charge in [0.25, 0.3) is 0 Å². The lowest BCUT2D eigenvalue weighted by atomic mass is 9.98. The Morgan fingerprint density at radius 1 is 1.21 bits per heavy atom. The molecule has 0 N–H and O–H groups in total. The molecule has 1 aliphatic carbocycles. The number of allylic oxidation sites excluding steroid dienone is 4. The molecule has 0 aliphatic heterocycles. The predicted molar refractivity (Wildman–Crippen MR) is 53.6 cm³/mol. The zero-order valence-electron chi connectivity index (χ0n) is 13.9. The zero-order chi connectivity index (χ0) is 16.4. The highest BCUT2D eigenvalue weighted by Crippen LogP contribution is 2.13. The molecule has 0 aromatic rings. The molecular formula is C10H8N4. The lowest BCUT2D eigenvalue weighted by molar-refractivity contribution is 1.39. The molecule has 14 heavy (non-hydrogen) atoms. The molecule has 1 rings (SSSR count). The number of nitrogens with zero attached hydrogens (tertiary/aromatic N) is 4. The molecule has 0 unspecified atom stereocenters. The van der Waals surface area contributed by atoms with Gasteiger partial charge in [-0.25, -0.2) is 0 Å². The molecule has 0 spiro atoms. The maximum atomic E-state index is 8.60. The van der Waals surface area contributed by atoms with Crippen molar-refractivity contribution in [2.24, 2.45) is 9.98 Å². The maximum absolute atomic E-state index is 8.60. The van der Waals surface area contributed by atoms with Crippen LogP contribution in [-0.2, 0) is 0 Å². The van der Waals surface area contributed by atoms with E-state index in [1.807, 2.05) is 0 Å². The van der Waals surface area contributed by atoms with Crippen LogP contribution in [0.2, 0.25) is 0 Å². The van der Waals surface area contributed by atoms with Crippen molar-refractivity contribution in [3.8, 4) is 12.4 Å². The van der Waals surface area contributed by atoms with Gasteiger partial charge in [-0.3, -0.25) is 0 Å². The van der Waals surface area contributed by atoms with Crippen molar-refractivity contribution in [3.05, 3.63) is 23.3 Å². The second kappa shape index (κ2) is 4.15. The standard InChI is InChI=1S/C10H8N4/c1-7-3-10(14-6-12)8(2)4-9(7)13-5-11/h3-4H,1-2H3/i1D3,2D3,3D. The summed E-state index contributed by atoms with van der Waals surface area (Å²) in [5.74, 6) is 0. The lowest BCUT2D eigenvalue weighted by Gasteiger charge is -2.09. The largest absolute Gasteiger partial charge is 0.206 e. The van der Waals surface area contributed by atoms with E-state index in [1.54, 1.807) is 0 Å². The van der Waals surface area contributed by atoms with Gasteiger partial charge in [-0.1, -0.05) is 0 Å². The first-order valence-electron chi connectivity index (χ1n) is 6.92. The van der Waals surface area contributed by atoms with Crippen LogP contribution in [0.3, 0.4) is 0 Å². The molecule has 0 saturated heterocycles. The molecule has 1 aliphatic rings. The number of nitriles is 2. The van der Waals surface area contributed by atoms with E-state index in [0.29, 0.717) is 0 Å². The zero-order valence-corrected chi connectivity index (χ0v) is 6.87. The third-order valence-electron chi connectivity index (χ3n) is 1.37. The molecule has 4 nitrogen and oxygen atoms in total. The Balaban J connectivity index is 3.75. The number of rotatable bonds is 0. The Bertz CT molecular complexity index is 661. The van der Waals surface area contributed by atoms with E-state index in [0.717, 1.165) is 6.08 Å². The highest BCUT2D eigenvalue weighted by molar-refractivity contribution is 6.23. The highest BCUT2D eigenvalue weighted by Gasteiger charge is 2.10. The summed E-state index contributed by atoms with van der Waals surface area (Å²) in [6, 6.07) is -0.751. The summed E-state index contributed by atoms with van der Waals surface area (Å²) < 4.78 is 52.0. The van der Waals surface area contributed by atoms with E-state index in [2.05, 4.69) is 9.98 Å². The molecule has 0 heterocycles. The molecule has 68 valence electrons. The molecule has 0 bridgehead atoms. The van der Waals surface area contributed by atoms with Gasteiger partial charge in [-0.2, -0.15) is 20.5 Å². The van der Waals surface area contributed by atoms with E-state index in [1.165, 1.54) is 12.4 Å². The van der Waals surface area contributed by atoms with Crippen molar-refractivity contribution in [3.63, 3.8) is 0 Å². The van der Waals surface area contributed by atoms with Crippen molar-refractivity contribution in [1.29, 1.82) is 10.5 Å². The average Bonchev–Trinajstić information content (AvgIpc) is 2.29. The van der Waals surface area contributed by atoms with Crippen LogP contribution in [0.25, 0.3) is 0 Å². The van der Waals surface area contributed by atoms with Gasteiger partial charge in [0.1, 0.15) is 0 Å². The van der Waals surface area contributed by atoms with Gasteiger partial charge in [0.2, 0.25) is 12.4 Å². The number of hydrogen-bond acceptors (Lipinski definition) is 4. The molecule has 4 heteroatoms. The average molecular weight is 191 g/mol. The van der Waals surface area contributed by atoms with Gasteiger partial charge in [0.15, 0.2) is 0 Å². The van der Waals surface area contributed by atoms with Gasteiger partial charge in [-0.15, -0.1) is 0 Å². The SMILES string of the molecule is [2H]C1=C(C([2H])([2H])[2H])C(=NC#N)C=C(C([2H])([2H])[2H])C1=NC#N. The third kappa shape index (κ3) is 1.94. The van der Waals surface area contributed by atoms with Crippen LogP contribution in [0.4, 0.5) is 0 Å². The quantitative estimate of drug-likeness (QED) is 0.432. The highest BCUT2D eigenvalue weighted by atomic mass is 14.8. The predicted octanol–water partition coefficient (Wildman–Crippen LogP) is 1.74. The minimum atomic E-state index is -2.81. The maximum Gasteiger partial charge on any atom is 0.206 e. The first-order chi connectivity index (χ1) is 9.54. The van der Waals surface area contributed by atoms with E-state index in [9.17, 15) is 0 Å².